The number of rotatable bonds is 9. The van der Waals surface area contributed by atoms with Gasteiger partial charge < -0.3 is 15.4 Å². The minimum atomic E-state index is -0.668. The molecule has 0 spiro atoms. The van der Waals surface area contributed by atoms with Crippen molar-refractivity contribution in [3.8, 4) is 0 Å². The minimum absolute atomic E-state index is 0.143. The van der Waals surface area contributed by atoms with E-state index in [4.69, 9.17) is 4.74 Å². The maximum absolute atomic E-state index is 13.5. The molecule has 0 radical (unpaired) electrons. The summed E-state index contributed by atoms with van der Waals surface area (Å²) in [7, 11) is 0. The van der Waals surface area contributed by atoms with Gasteiger partial charge in [-0.1, -0.05) is 48.5 Å². The first kappa shape index (κ1) is 20.5. The molecular formula is C21H20FN3O3S. The second-order valence-electron chi connectivity index (χ2n) is 6.14. The number of hydrogen-bond acceptors (Lipinski definition) is 6. The summed E-state index contributed by atoms with van der Waals surface area (Å²) in [6, 6.07) is 16.2. The van der Waals surface area contributed by atoms with Gasteiger partial charge in [-0.25, -0.2) is 14.2 Å². The molecule has 0 aliphatic carbocycles. The van der Waals surface area contributed by atoms with Crippen molar-refractivity contribution < 1.29 is 18.7 Å². The third kappa shape index (κ3) is 6.39. The number of aromatic nitrogens is 1. The van der Waals surface area contributed by atoms with E-state index in [0.29, 0.717) is 23.7 Å². The molecule has 8 heteroatoms. The fraction of sp³-hybridized carbons (Fsp3) is 0.190. The van der Waals surface area contributed by atoms with Crippen LogP contribution in [0.15, 0.2) is 60.0 Å². The molecule has 3 aromatic rings. The third-order valence-electron chi connectivity index (χ3n) is 4.01. The number of carbonyl (C=O) groups is 2. The van der Waals surface area contributed by atoms with Crippen LogP contribution < -0.4 is 10.6 Å². The van der Waals surface area contributed by atoms with Gasteiger partial charge in [0.2, 0.25) is 0 Å². The zero-order chi connectivity index (χ0) is 20.5. The molecule has 0 fully saturated rings. The summed E-state index contributed by atoms with van der Waals surface area (Å²) in [5.41, 5.74) is 1.76. The monoisotopic (exact) mass is 413 g/mol. The van der Waals surface area contributed by atoms with Gasteiger partial charge in [-0.3, -0.25) is 4.79 Å². The van der Waals surface area contributed by atoms with Crippen molar-refractivity contribution in [1.82, 2.24) is 10.3 Å². The van der Waals surface area contributed by atoms with E-state index in [9.17, 15) is 14.0 Å². The summed E-state index contributed by atoms with van der Waals surface area (Å²) in [6.07, 6.45) is 0.356. The SMILES string of the molecule is O=C(COC(=O)c1csc(NCc2ccccc2)n1)NCCc1ccccc1F. The molecule has 0 saturated carbocycles. The lowest BCUT2D eigenvalue weighted by atomic mass is 10.1. The van der Waals surface area contributed by atoms with Crippen LogP contribution in [0.5, 0.6) is 0 Å². The number of nitrogens with zero attached hydrogens (tertiary/aromatic N) is 1. The van der Waals surface area contributed by atoms with Gasteiger partial charge in [0.15, 0.2) is 17.4 Å². The van der Waals surface area contributed by atoms with E-state index in [1.54, 1.807) is 23.6 Å². The zero-order valence-electron chi connectivity index (χ0n) is 15.6. The van der Waals surface area contributed by atoms with Crippen molar-refractivity contribution in [2.24, 2.45) is 0 Å². The number of amides is 1. The van der Waals surface area contributed by atoms with Crippen LogP contribution in [0.2, 0.25) is 0 Å². The number of esters is 1. The molecule has 0 bridgehead atoms. The molecule has 0 aliphatic rings. The number of nitrogens with one attached hydrogen (secondary N) is 2. The third-order valence-corrected chi connectivity index (χ3v) is 4.81. The summed E-state index contributed by atoms with van der Waals surface area (Å²) in [5, 5.41) is 7.90. The molecule has 0 saturated heterocycles. The van der Waals surface area contributed by atoms with E-state index in [-0.39, 0.29) is 18.1 Å². The molecule has 2 aromatic carbocycles. The molecule has 1 heterocycles. The van der Waals surface area contributed by atoms with Crippen LogP contribution in [-0.4, -0.2) is 30.0 Å². The van der Waals surface area contributed by atoms with Crippen molar-refractivity contribution >= 4 is 28.3 Å². The highest BCUT2D eigenvalue weighted by molar-refractivity contribution is 7.13. The van der Waals surface area contributed by atoms with Gasteiger partial charge in [-0.15, -0.1) is 11.3 Å². The van der Waals surface area contributed by atoms with Crippen molar-refractivity contribution in [1.29, 1.82) is 0 Å². The van der Waals surface area contributed by atoms with Gasteiger partial charge in [0, 0.05) is 18.5 Å². The Labute approximate surface area is 171 Å². The number of benzene rings is 2. The fourth-order valence-electron chi connectivity index (χ4n) is 2.52. The summed E-state index contributed by atoms with van der Waals surface area (Å²) in [5.74, 6) is -1.43. The topological polar surface area (TPSA) is 80.3 Å². The van der Waals surface area contributed by atoms with Crippen molar-refractivity contribution in [2.45, 2.75) is 13.0 Å². The summed E-state index contributed by atoms with van der Waals surface area (Å²) in [6.45, 7) is 0.426. The number of hydrogen-bond donors (Lipinski definition) is 2. The van der Waals surface area contributed by atoms with Gasteiger partial charge in [0.25, 0.3) is 5.91 Å². The number of ether oxygens (including phenoxy) is 1. The lowest BCUT2D eigenvalue weighted by Gasteiger charge is -2.06. The quantitative estimate of drug-likeness (QED) is 0.526. The molecule has 0 atom stereocenters. The summed E-state index contributed by atoms with van der Waals surface area (Å²) in [4.78, 5) is 28.0. The Balaban J connectivity index is 1.38. The first-order valence-corrected chi connectivity index (χ1v) is 9.90. The standard InChI is InChI=1S/C21H20FN3O3S/c22-17-9-5-4-8-16(17)10-11-23-19(26)13-28-20(27)18-14-29-21(25-18)24-12-15-6-2-1-3-7-15/h1-9,14H,10-13H2,(H,23,26)(H,24,25). The van der Waals surface area contributed by atoms with Crippen LogP contribution in [-0.2, 0) is 22.5 Å². The van der Waals surface area contributed by atoms with Crippen LogP contribution in [0.3, 0.4) is 0 Å². The number of thiazole rings is 1. The second kappa shape index (κ2) is 10.3. The Hall–Kier alpha value is -3.26. The van der Waals surface area contributed by atoms with Gasteiger partial charge in [0.1, 0.15) is 5.82 Å². The molecule has 1 aromatic heterocycles. The van der Waals surface area contributed by atoms with Crippen molar-refractivity contribution in [3.05, 3.63) is 82.6 Å². The Morgan fingerprint density at radius 3 is 2.62 bits per heavy atom. The van der Waals surface area contributed by atoms with E-state index in [1.807, 2.05) is 30.3 Å². The first-order chi connectivity index (χ1) is 14.1. The van der Waals surface area contributed by atoms with Crippen LogP contribution in [0, 0.1) is 5.82 Å². The summed E-state index contributed by atoms with van der Waals surface area (Å²) < 4.78 is 18.5. The van der Waals surface area contributed by atoms with Crippen molar-refractivity contribution in [3.63, 3.8) is 0 Å². The zero-order valence-corrected chi connectivity index (χ0v) is 16.4. The van der Waals surface area contributed by atoms with Gasteiger partial charge >= 0.3 is 5.97 Å². The molecule has 6 nitrogen and oxygen atoms in total. The Kier molecular flexibility index (Phi) is 7.29. The molecule has 3 rings (SSSR count). The molecule has 1 amide bonds. The molecule has 2 N–H and O–H groups in total. The number of halogens is 1. The molecular weight excluding hydrogens is 393 g/mol. The summed E-state index contributed by atoms with van der Waals surface area (Å²) >= 11 is 1.29. The predicted octanol–water partition coefficient (Wildman–Crippen LogP) is 3.41. The normalized spacial score (nSPS) is 10.4. The van der Waals surface area contributed by atoms with E-state index in [0.717, 1.165) is 5.56 Å². The highest BCUT2D eigenvalue weighted by atomic mass is 32.1. The Morgan fingerprint density at radius 2 is 1.83 bits per heavy atom. The van der Waals surface area contributed by atoms with E-state index < -0.39 is 18.5 Å². The van der Waals surface area contributed by atoms with Crippen LogP contribution in [0.25, 0.3) is 0 Å². The van der Waals surface area contributed by atoms with Gasteiger partial charge in [-0.2, -0.15) is 0 Å². The van der Waals surface area contributed by atoms with E-state index in [2.05, 4.69) is 15.6 Å². The predicted molar refractivity (Wildman–Crippen MR) is 109 cm³/mol. The Morgan fingerprint density at radius 1 is 1.07 bits per heavy atom. The largest absolute Gasteiger partial charge is 0.451 e. The first-order valence-electron chi connectivity index (χ1n) is 9.02. The fourth-order valence-corrected chi connectivity index (χ4v) is 3.19. The average molecular weight is 413 g/mol. The van der Waals surface area contributed by atoms with Gasteiger partial charge in [0.05, 0.1) is 0 Å². The van der Waals surface area contributed by atoms with Gasteiger partial charge in [-0.05, 0) is 23.6 Å². The van der Waals surface area contributed by atoms with Crippen LogP contribution in [0.4, 0.5) is 9.52 Å². The lowest BCUT2D eigenvalue weighted by Crippen LogP contribution is -2.30. The molecule has 29 heavy (non-hydrogen) atoms. The number of carbonyl (C=O) groups excluding carboxylic acids is 2. The molecule has 150 valence electrons. The Bertz CT molecular complexity index is 963. The maximum Gasteiger partial charge on any atom is 0.358 e. The minimum Gasteiger partial charge on any atom is -0.451 e. The molecule has 0 aliphatic heterocycles. The van der Waals surface area contributed by atoms with Crippen molar-refractivity contribution in [2.75, 3.05) is 18.5 Å². The average Bonchev–Trinajstić information content (AvgIpc) is 3.22. The van der Waals surface area contributed by atoms with E-state index >= 15 is 0 Å². The highest BCUT2D eigenvalue weighted by Gasteiger charge is 2.14. The second-order valence-corrected chi connectivity index (χ2v) is 7.00. The van der Waals surface area contributed by atoms with E-state index in [1.165, 1.54) is 17.4 Å². The maximum atomic E-state index is 13.5. The highest BCUT2D eigenvalue weighted by Crippen LogP contribution is 2.17. The molecule has 0 unspecified atom stereocenters. The van der Waals surface area contributed by atoms with Crippen LogP contribution >= 0.6 is 11.3 Å². The lowest BCUT2D eigenvalue weighted by molar-refractivity contribution is -0.124. The smallest absolute Gasteiger partial charge is 0.358 e. The number of anilines is 1. The van der Waals surface area contributed by atoms with Crippen LogP contribution in [0.1, 0.15) is 21.6 Å².